The number of hydrogen-bond donors (Lipinski definition) is 1. The van der Waals surface area contributed by atoms with Crippen LogP contribution in [0.15, 0.2) is 36.4 Å². The molecule has 7 heteroatoms. The van der Waals surface area contributed by atoms with Crippen LogP contribution in [0, 0.1) is 34.2 Å². The van der Waals surface area contributed by atoms with Crippen molar-refractivity contribution in [3.05, 3.63) is 69.0 Å². The van der Waals surface area contributed by atoms with Gasteiger partial charge in [0.1, 0.15) is 5.82 Å². The number of nitrogens with zero attached hydrogens (tertiary/aromatic N) is 2. The van der Waals surface area contributed by atoms with Crippen LogP contribution in [0.3, 0.4) is 0 Å². The van der Waals surface area contributed by atoms with E-state index in [1.807, 2.05) is 12.1 Å². The number of nitro benzene ring substituents is 1. The Morgan fingerprint density at radius 1 is 1.33 bits per heavy atom. The normalized spacial score (nSPS) is 15.7. The molecule has 1 N–H and O–H groups in total. The molecule has 6 nitrogen and oxygen atoms in total. The van der Waals surface area contributed by atoms with Crippen LogP contribution in [0.2, 0.25) is 0 Å². The van der Waals surface area contributed by atoms with Gasteiger partial charge in [-0.1, -0.05) is 12.1 Å². The number of nitrogens with one attached hydrogen (secondary N) is 1. The minimum atomic E-state index is -0.488. The zero-order valence-electron chi connectivity index (χ0n) is 15.0. The number of ether oxygens (including phenoxy) is 1. The Morgan fingerprint density at radius 2 is 2.07 bits per heavy atom. The van der Waals surface area contributed by atoms with Crippen LogP contribution in [0.4, 0.5) is 15.8 Å². The van der Waals surface area contributed by atoms with Gasteiger partial charge in [0.05, 0.1) is 16.6 Å². The second kappa shape index (κ2) is 7.72. The van der Waals surface area contributed by atoms with Crippen LogP contribution in [0.5, 0.6) is 0 Å². The van der Waals surface area contributed by atoms with E-state index in [2.05, 4.69) is 5.32 Å². The molecule has 1 saturated heterocycles. The molecule has 27 heavy (non-hydrogen) atoms. The fourth-order valence-electron chi connectivity index (χ4n) is 3.55. The van der Waals surface area contributed by atoms with E-state index >= 15 is 0 Å². The smallest absolute Gasteiger partial charge is 0.275 e. The molecule has 0 aliphatic carbocycles. The molecule has 1 heterocycles. The van der Waals surface area contributed by atoms with Crippen molar-refractivity contribution in [1.29, 1.82) is 5.26 Å². The molecule has 140 valence electrons. The fraction of sp³-hybridized carbons (Fsp3) is 0.350. The van der Waals surface area contributed by atoms with Gasteiger partial charge in [-0.15, -0.1) is 0 Å². The molecule has 0 radical (unpaired) electrons. The van der Waals surface area contributed by atoms with Crippen molar-refractivity contribution >= 4 is 11.4 Å². The van der Waals surface area contributed by atoms with Crippen LogP contribution in [0.25, 0.3) is 0 Å². The maximum atomic E-state index is 13.8. The second-order valence-electron chi connectivity index (χ2n) is 6.79. The number of hydrogen-bond acceptors (Lipinski definition) is 5. The summed E-state index contributed by atoms with van der Waals surface area (Å²) in [7, 11) is 0. The van der Waals surface area contributed by atoms with Gasteiger partial charge in [0.2, 0.25) is 0 Å². The third kappa shape index (κ3) is 3.91. The molecule has 0 bridgehead atoms. The topological polar surface area (TPSA) is 88.2 Å². The standard InChI is InChI=1S/C20H20FN3O3/c1-14-18(9-15(12-22)10-19(14)24(25)26)23-13-20(5-7-27-8-6-20)16-3-2-4-17(21)11-16/h2-4,9-11,23H,5-8,13H2,1H3. The Kier molecular flexibility index (Phi) is 5.38. The summed E-state index contributed by atoms with van der Waals surface area (Å²) < 4.78 is 19.3. The highest BCUT2D eigenvalue weighted by Crippen LogP contribution is 2.36. The van der Waals surface area contributed by atoms with Crippen LogP contribution in [-0.2, 0) is 10.2 Å². The molecule has 0 unspecified atom stereocenters. The third-order valence-corrected chi connectivity index (χ3v) is 5.21. The first-order chi connectivity index (χ1) is 12.9. The Hall–Kier alpha value is -2.98. The van der Waals surface area contributed by atoms with Gasteiger partial charge < -0.3 is 10.1 Å². The van der Waals surface area contributed by atoms with Crippen molar-refractivity contribution in [2.75, 3.05) is 25.1 Å². The number of rotatable bonds is 5. The number of nitriles is 1. The first-order valence-electron chi connectivity index (χ1n) is 8.72. The summed E-state index contributed by atoms with van der Waals surface area (Å²) >= 11 is 0. The van der Waals surface area contributed by atoms with E-state index in [9.17, 15) is 19.8 Å². The minimum Gasteiger partial charge on any atom is -0.384 e. The molecule has 0 atom stereocenters. The van der Waals surface area contributed by atoms with E-state index in [1.54, 1.807) is 19.1 Å². The summed E-state index contributed by atoms with van der Waals surface area (Å²) in [6, 6.07) is 11.4. The largest absolute Gasteiger partial charge is 0.384 e. The van der Waals surface area contributed by atoms with E-state index in [0.717, 1.165) is 5.56 Å². The average Bonchev–Trinajstić information content (AvgIpc) is 2.67. The van der Waals surface area contributed by atoms with Crippen molar-refractivity contribution in [2.45, 2.75) is 25.2 Å². The molecule has 3 rings (SSSR count). The lowest BCUT2D eigenvalue weighted by Crippen LogP contribution is -2.40. The zero-order valence-corrected chi connectivity index (χ0v) is 15.0. The predicted molar refractivity (Wildman–Crippen MR) is 99.2 cm³/mol. The average molecular weight is 369 g/mol. The highest BCUT2D eigenvalue weighted by atomic mass is 19.1. The van der Waals surface area contributed by atoms with Gasteiger partial charge in [-0.2, -0.15) is 5.26 Å². The van der Waals surface area contributed by atoms with Gasteiger partial charge in [-0.25, -0.2) is 4.39 Å². The van der Waals surface area contributed by atoms with Crippen LogP contribution in [0.1, 0.15) is 29.5 Å². The van der Waals surface area contributed by atoms with Crippen molar-refractivity contribution in [2.24, 2.45) is 0 Å². The molecular weight excluding hydrogens is 349 g/mol. The monoisotopic (exact) mass is 369 g/mol. The summed E-state index contributed by atoms with van der Waals surface area (Å²) in [5.74, 6) is -0.295. The molecule has 2 aromatic carbocycles. The molecule has 1 aliphatic rings. The summed E-state index contributed by atoms with van der Waals surface area (Å²) in [6.07, 6.45) is 1.42. The molecule has 1 fully saturated rings. The lowest BCUT2D eigenvalue weighted by molar-refractivity contribution is -0.385. The van der Waals surface area contributed by atoms with Crippen LogP contribution in [-0.4, -0.2) is 24.7 Å². The van der Waals surface area contributed by atoms with Gasteiger partial charge in [0.15, 0.2) is 0 Å². The maximum Gasteiger partial charge on any atom is 0.275 e. The molecule has 1 aliphatic heterocycles. The molecular formula is C20H20FN3O3. The van der Waals surface area contributed by atoms with Gasteiger partial charge in [0, 0.05) is 42.5 Å². The Bertz CT molecular complexity index is 902. The van der Waals surface area contributed by atoms with Crippen LogP contribution >= 0.6 is 0 Å². The highest BCUT2D eigenvalue weighted by molar-refractivity contribution is 5.64. The third-order valence-electron chi connectivity index (χ3n) is 5.21. The first kappa shape index (κ1) is 18.8. The minimum absolute atomic E-state index is 0.0941. The van der Waals surface area contributed by atoms with Gasteiger partial charge in [-0.05, 0) is 43.5 Å². The van der Waals surface area contributed by atoms with Gasteiger partial charge >= 0.3 is 0 Å². The Balaban J connectivity index is 1.94. The van der Waals surface area contributed by atoms with E-state index in [0.29, 0.717) is 43.9 Å². The van der Waals surface area contributed by atoms with Crippen molar-refractivity contribution in [3.63, 3.8) is 0 Å². The number of benzene rings is 2. The predicted octanol–water partition coefficient (Wildman–Crippen LogP) is 4.07. The number of anilines is 1. The van der Waals surface area contributed by atoms with E-state index in [-0.39, 0.29) is 22.5 Å². The van der Waals surface area contributed by atoms with E-state index in [1.165, 1.54) is 18.2 Å². The highest BCUT2D eigenvalue weighted by Gasteiger charge is 2.35. The van der Waals surface area contributed by atoms with Gasteiger partial charge in [0.25, 0.3) is 5.69 Å². The molecule has 0 spiro atoms. The van der Waals surface area contributed by atoms with Crippen molar-refractivity contribution in [3.8, 4) is 6.07 Å². The van der Waals surface area contributed by atoms with Crippen LogP contribution < -0.4 is 5.32 Å². The zero-order chi connectivity index (χ0) is 19.4. The Morgan fingerprint density at radius 3 is 2.70 bits per heavy atom. The molecule has 2 aromatic rings. The van der Waals surface area contributed by atoms with Gasteiger partial charge in [-0.3, -0.25) is 10.1 Å². The lowest BCUT2D eigenvalue weighted by Gasteiger charge is -2.38. The van der Waals surface area contributed by atoms with E-state index in [4.69, 9.17) is 4.74 Å². The van der Waals surface area contributed by atoms with Crippen molar-refractivity contribution in [1.82, 2.24) is 0 Å². The first-order valence-corrected chi connectivity index (χ1v) is 8.72. The maximum absolute atomic E-state index is 13.8. The molecule has 0 saturated carbocycles. The van der Waals surface area contributed by atoms with E-state index < -0.39 is 4.92 Å². The molecule has 0 aromatic heterocycles. The number of nitro groups is 1. The second-order valence-corrected chi connectivity index (χ2v) is 6.79. The summed E-state index contributed by atoms with van der Waals surface area (Å²) in [6.45, 7) is 3.25. The summed E-state index contributed by atoms with van der Waals surface area (Å²) in [5.41, 5.74) is 1.68. The Labute approximate surface area is 156 Å². The molecule has 0 amide bonds. The quantitative estimate of drug-likeness (QED) is 0.634. The summed E-state index contributed by atoms with van der Waals surface area (Å²) in [4.78, 5) is 10.8. The fourth-order valence-corrected chi connectivity index (χ4v) is 3.55. The lowest BCUT2D eigenvalue weighted by atomic mass is 9.74. The number of halogens is 1. The SMILES string of the molecule is Cc1c(NCC2(c3cccc(F)c3)CCOCC2)cc(C#N)cc1[N+](=O)[O-]. The summed E-state index contributed by atoms with van der Waals surface area (Å²) in [5, 5.41) is 23.7. The van der Waals surface area contributed by atoms with Crippen molar-refractivity contribution < 1.29 is 14.1 Å².